The van der Waals surface area contributed by atoms with Gasteiger partial charge >= 0.3 is 5.97 Å². The number of benzene rings is 2. The Bertz CT molecular complexity index is 1020. The van der Waals surface area contributed by atoms with Crippen LogP contribution in [0.3, 0.4) is 0 Å². The normalized spacial score (nSPS) is 17.9. The number of hydrogen-bond donors (Lipinski definition) is 0. The molecule has 0 saturated carbocycles. The summed E-state index contributed by atoms with van der Waals surface area (Å²) in [6.07, 6.45) is 1.94. The van der Waals surface area contributed by atoms with E-state index in [9.17, 15) is 9.59 Å². The van der Waals surface area contributed by atoms with Crippen LogP contribution in [-0.2, 0) is 14.3 Å². The van der Waals surface area contributed by atoms with Gasteiger partial charge in [-0.2, -0.15) is 0 Å². The van der Waals surface area contributed by atoms with Crippen molar-refractivity contribution in [2.45, 2.75) is 19.3 Å². The van der Waals surface area contributed by atoms with E-state index in [4.69, 9.17) is 23.7 Å². The summed E-state index contributed by atoms with van der Waals surface area (Å²) in [4.78, 5) is 26.0. The van der Waals surface area contributed by atoms with E-state index in [-0.39, 0.29) is 12.4 Å². The predicted molar refractivity (Wildman–Crippen MR) is 120 cm³/mol. The van der Waals surface area contributed by atoms with E-state index in [0.717, 1.165) is 11.1 Å². The van der Waals surface area contributed by atoms with Crippen molar-refractivity contribution in [1.29, 1.82) is 0 Å². The molecule has 2 atom stereocenters. The first-order valence-corrected chi connectivity index (χ1v) is 10.3. The Labute approximate surface area is 187 Å². The predicted octanol–water partition coefficient (Wildman–Crippen LogP) is 4.04. The summed E-state index contributed by atoms with van der Waals surface area (Å²) < 4.78 is 27.0. The molecule has 3 rings (SSSR count). The van der Waals surface area contributed by atoms with Gasteiger partial charge in [-0.05, 0) is 48.8 Å². The third-order valence-electron chi connectivity index (χ3n) is 5.59. The van der Waals surface area contributed by atoms with Gasteiger partial charge in [0.15, 0.2) is 28.8 Å². The number of ether oxygens (including phenoxy) is 5. The topological polar surface area (TPSA) is 80.3 Å². The first kappa shape index (κ1) is 23.2. The van der Waals surface area contributed by atoms with Crippen molar-refractivity contribution in [3.05, 3.63) is 53.6 Å². The largest absolute Gasteiger partial charge is 0.493 e. The molecule has 7 nitrogen and oxygen atoms in total. The average Bonchev–Trinajstić information content (AvgIpc) is 2.82. The van der Waals surface area contributed by atoms with E-state index in [1.807, 2.05) is 24.3 Å². The minimum atomic E-state index is -0.972. The standard InChI is InChI=1S/C25H28O7/c1-6-32-25(27)23-18(17-8-7-9-21(29-3)24(17)31-5)12-16(13-19(23)26)15-10-11-20(28-2)22(14-15)30-4/h7-11,13-14,18,23H,6,12H2,1-5H3/t18-,23-/m1/s1. The highest BCUT2D eigenvalue weighted by molar-refractivity contribution is 6.10. The van der Waals surface area contributed by atoms with Crippen LogP contribution >= 0.6 is 0 Å². The van der Waals surface area contributed by atoms with Gasteiger partial charge < -0.3 is 23.7 Å². The molecule has 0 saturated heterocycles. The van der Waals surface area contributed by atoms with Gasteiger partial charge in [-0.25, -0.2) is 0 Å². The van der Waals surface area contributed by atoms with Gasteiger partial charge in [0, 0.05) is 11.5 Å². The van der Waals surface area contributed by atoms with Crippen LogP contribution in [0.4, 0.5) is 0 Å². The maximum Gasteiger partial charge on any atom is 0.317 e. The van der Waals surface area contributed by atoms with Gasteiger partial charge in [0.1, 0.15) is 5.92 Å². The van der Waals surface area contributed by atoms with Gasteiger partial charge in [-0.15, -0.1) is 0 Å². The molecule has 0 unspecified atom stereocenters. The summed E-state index contributed by atoms with van der Waals surface area (Å²) in [6.45, 7) is 1.91. The van der Waals surface area contributed by atoms with Crippen molar-refractivity contribution in [2.75, 3.05) is 35.0 Å². The number of rotatable bonds is 8. The molecule has 0 aliphatic heterocycles. The number of para-hydroxylation sites is 1. The highest BCUT2D eigenvalue weighted by atomic mass is 16.5. The second kappa shape index (κ2) is 10.2. The fourth-order valence-corrected chi connectivity index (χ4v) is 4.12. The van der Waals surface area contributed by atoms with Crippen LogP contribution in [0.2, 0.25) is 0 Å². The quantitative estimate of drug-likeness (QED) is 0.453. The lowest BCUT2D eigenvalue weighted by Gasteiger charge is -2.31. The molecule has 7 heteroatoms. The Morgan fingerprint density at radius 3 is 2.28 bits per heavy atom. The lowest BCUT2D eigenvalue weighted by atomic mass is 9.73. The maximum atomic E-state index is 13.2. The molecular weight excluding hydrogens is 412 g/mol. The SMILES string of the molecule is CCOC(=O)[C@H]1C(=O)C=C(c2ccc(OC)c(OC)c2)C[C@@H]1c1cccc(OC)c1OC. The van der Waals surface area contributed by atoms with Gasteiger partial charge in [0.05, 0.1) is 35.0 Å². The monoisotopic (exact) mass is 440 g/mol. The summed E-state index contributed by atoms with van der Waals surface area (Å²) in [5, 5.41) is 0. The lowest BCUT2D eigenvalue weighted by Crippen LogP contribution is -2.34. The van der Waals surface area contributed by atoms with Crippen LogP contribution in [0.5, 0.6) is 23.0 Å². The number of carbonyl (C=O) groups is 2. The third-order valence-corrected chi connectivity index (χ3v) is 5.59. The van der Waals surface area contributed by atoms with Gasteiger partial charge in [0.25, 0.3) is 0 Å². The number of allylic oxidation sites excluding steroid dienone is 2. The first-order chi connectivity index (χ1) is 15.5. The maximum absolute atomic E-state index is 13.2. The molecule has 0 amide bonds. The van der Waals surface area contributed by atoms with Gasteiger partial charge in [-0.1, -0.05) is 18.2 Å². The van der Waals surface area contributed by atoms with Crippen molar-refractivity contribution in [3.63, 3.8) is 0 Å². The van der Waals surface area contributed by atoms with Crippen molar-refractivity contribution in [3.8, 4) is 23.0 Å². The third kappa shape index (κ3) is 4.42. The van der Waals surface area contributed by atoms with E-state index < -0.39 is 17.8 Å². The Hall–Kier alpha value is -3.48. The van der Waals surface area contributed by atoms with E-state index in [2.05, 4.69) is 0 Å². The molecule has 0 aromatic heterocycles. The summed E-state index contributed by atoms with van der Waals surface area (Å²) in [5.74, 6) is -0.141. The van der Waals surface area contributed by atoms with E-state index in [1.54, 1.807) is 40.4 Å². The Kier molecular flexibility index (Phi) is 7.41. The van der Waals surface area contributed by atoms with Crippen molar-refractivity contribution < 1.29 is 33.3 Å². The molecule has 2 aromatic rings. The molecule has 32 heavy (non-hydrogen) atoms. The molecule has 0 heterocycles. The fraction of sp³-hybridized carbons (Fsp3) is 0.360. The van der Waals surface area contributed by atoms with Crippen molar-refractivity contribution >= 4 is 17.3 Å². The molecule has 0 N–H and O–H groups in total. The summed E-state index contributed by atoms with van der Waals surface area (Å²) in [6, 6.07) is 10.9. The summed E-state index contributed by atoms with van der Waals surface area (Å²) in [5.41, 5.74) is 2.31. The van der Waals surface area contributed by atoms with E-state index in [1.165, 1.54) is 13.2 Å². The Morgan fingerprint density at radius 1 is 0.938 bits per heavy atom. The van der Waals surface area contributed by atoms with E-state index >= 15 is 0 Å². The second-order valence-corrected chi connectivity index (χ2v) is 7.26. The molecule has 0 bridgehead atoms. The molecule has 0 fully saturated rings. The van der Waals surface area contributed by atoms with Crippen LogP contribution in [0.15, 0.2) is 42.5 Å². The van der Waals surface area contributed by atoms with Crippen LogP contribution < -0.4 is 18.9 Å². The lowest BCUT2D eigenvalue weighted by molar-refractivity contribution is -0.151. The number of hydrogen-bond acceptors (Lipinski definition) is 7. The van der Waals surface area contributed by atoms with Crippen LogP contribution in [0.25, 0.3) is 5.57 Å². The van der Waals surface area contributed by atoms with E-state index in [0.29, 0.717) is 35.0 Å². The van der Waals surface area contributed by atoms with Gasteiger partial charge in [-0.3, -0.25) is 9.59 Å². The van der Waals surface area contributed by atoms with Crippen LogP contribution in [-0.4, -0.2) is 46.8 Å². The average molecular weight is 440 g/mol. The molecular formula is C25H28O7. The van der Waals surface area contributed by atoms with Crippen LogP contribution in [0.1, 0.15) is 30.4 Å². The molecule has 170 valence electrons. The highest BCUT2D eigenvalue weighted by Gasteiger charge is 2.41. The second-order valence-electron chi connectivity index (χ2n) is 7.26. The smallest absolute Gasteiger partial charge is 0.317 e. The van der Waals surface area contributed by atoms with Crippen molar-refractivity contribution in [2.24, 2.45) is 5.92 Å². The molecule has 1 aliphatic carbocycles. The van der Waals surface area contributed by atoms with Crippen molar-refractivity contribution in [1.82, 2.24) is 0 Å². The summed E-state index contributed by atoms with van der Waals surface area (Å²) in [7, 11) is 6.21. The molecule has 0 spiro atoms. The minimum absolute atomic E-state index is 0.191. The van der Waals surface area contributed by atoms with Gasteiger partial charge in [0.2, 0.25) is 0 Å². The van der Waals surface area contributed by atoms with Crippen LogP contribution in [0, 0.1) is 5.92 Å². The fourth-order valence-electron chi connectivity index (χ4n) is 4.12. The molecule has 0 radical (unpaired) electrons. The Morgan fingerprint density at radius 2 is 1.66 bits per heavy atom. The first-order valence-electron chi connectivity index (χ1n) is 10.3. The zero-order valence-electron chi connectivity index (χ0n) is 19.0. The zero-order chi connectivity index (χ0) is 23.3. The number of methoxy groups -OCH3 is 4. The minimum Gasteiger partial charge on any atom is -0.493 e. The number of esters is 1. The Balaban J connectivity index is 2.12. The molecule has 2 aromatic carbocycles. The number of carbonyl (C=O) groups excluding carboxylic acids is 2. The molecule has 1 aliphatic rings. The summed E-state index contributed by atoms with van der Waals surface area (Å²) >= 11 is 0. The highest BCUT2D eigenvalue weighted by Crippen LogP contribution is 2.46. The zero-order valence-corrected chi connectivity index (χ0v) is 19.0. The number of ketones is 1.